The Labute approximate surface area is 151 Å². The van der Waals surface area contributed by atoms with Gasteiger partial charge in [0, 0.05) is 11.1 Å². The lowest BCUT2D eigenvalue weighted by atomic mass is 9.99. The fourth-order valence-corrected chi connectivity index (χ4v) is 2.65. The largest absolute Gasteiger partial charge is 0.507 e. The first kappa shape index (κ1) is 17.4. The van der Waals surface area contributed by atoms with E-state index in [9.17, 15) is 14.7 Å². The van der Waals surface area contributed by atoms with Gasteiger partial charge in [0.1, 0.15) is 11.3 Å². The zero-order chi connectivity index (χ0) is 18.5. The van der Waals surface area contributed by atoms with Crippen LogP contribution in [-0.4, -0.2) is 16.9 Å². The van der Waals surface area contributed by atoms with Crippen molar-refractivity contribution in [2.75, 3.05) is 0 Å². The predicted octanol–water partition coefficient (Wildman–Crippen LogP) is 4.48. The lowest BCUT2D eigenvalue weighted by Gasteiger charge is -2.18. The maximum Gasteiger partial charge on any atom is 0.342 e. The summed E-state index contributed by atoms with van der Waals surface area (Å²) < 4.78 is 5.53. The highest BCUT2D eigenvalue weighted by molar-refractivity contribution is 6.02. The SMILES string of the molecule is Cc1cccc(C(=O)O[C@H](C(=O)c2ccccc2)c2ccccc2)c1O. The number of esters is 1. The van der Waals surface area contributed by atoms with Crippen molar-refractivity contribution in [3.05, 3.63) is 101 Å². The second kappa shape index (κ2) is 7.66. The summed E-state index contributed by atoms with van der Waals surface area (Å²) in [6.07, 6.45) is -1.09. The highest BCUT2D eigenvalue weighted by atomic mass is 16.5. The van der Waals surface area contributed by atoms with Gasteiger partial charge < -0.3 is 9.84 Å². The fraction of sp³-hybridized carbons (Fsp3) is 0.0909. The van der Waals surface area contributed by atoms with Crippen molar-refractivity contribution in [1.29, 1.82) is 0 Å². The van der Waals surface area contributed by atoms with Gasteiger partial charge in [-0.05, 0) is 18.6 Å². The van der Waals surface area contributed by atoms with Crippen molar-refractivity contribution in [1.82, 2.24) is 0 Å². The molecule has 1 N–H and O–H groups in total. The fourth-order valence-electron chi connectivity index (χ4n) is 2.65. The van der Waals surface area contributed by atoms with E-state index in [-0.39, 0.29) is 17.1 Å². The highest BCUT2D eigenvalue weighted by Gasteiger charge is 2.27. The van der Waals surface area contributed by atoms with Crippen LogP contribution in [-0.2, 0) is 4.74 Å². The molecule has 26 heavy (non-hydrogen) atoms. The van der Waals surface area contributed by atoms with Crippen LogP contribution in [0.2, 0.25) is 0 Å². The van der Waals surface area contributed by atoms with Gasteiger partial charge in [0.2, 0.25) is 5.78 Å². The number of ether oxygens (including phenoxy) is 1. The van der Waals surface area contributed by atoms with E-state index < -0.39 is 12.1 Å². The van der Waals surface area contributed by atoms with E-state index in [4.69, 9.17) is 4.74 Å². The summed E-state index contributed by atoms with van der Waals surface area (Å²) in [7, 11) is 0. The van der Waals surface area contributed by atoms with Crippen molar-refractivity contribution < 1.29 is 19.4 Å². The van der Waals surface area contributed by atoms with Crippen LogP contribution in [0.15, 0.2) is 78.9 Å². The number of carbonyl (C=O) groups is 2. The molecule has 0 saturated carbocycles. The average Bonchev–Trinajstić information content (AvgIpc) is 2.69. The van der Waals surface area contributed by atoms with Crippen molar-refractivity contribution >= 4 is 11.8 Å². The topological polar surface area (TPSA) is 63.6 Å². The lowest BCUT2D eigenvalue weighted by molar-refractivity contribution is 0.0277. The number of aromatic hydroxyl groups is 1. The molecule has 3 rings (SSSR count). The number of benzene rings is 3. The molecule has 0 aromatic heterocycles. The van der Waals surface area contributed by atoms with Gasteiger partial charge in [0.05, 0.1) is 0 Å². The number of carbonyl (C=O) groups excluding carboxylic acids is 2. The summed E-state index contributed by atoms with van der Waals surface area (Å²) in [4.78, 5) is 25.5. The number of phenols is 1. The van der Waals surface area contributed by atoms with Gasteiger partial charge in [0.15, 0.2) is 6.10 Å². The lowest BCUT2D eigenvalue weighted by Crippen LogP contribution is -2.20. The van der Waals surface area contributed by atoms with E-state index in [1.165, 1.54) is 6.07 Å². The molecule has 4 heteroatoms. The molecule has 3 aromatic rings. The summed E-state index contributed by atoms with van der Waals surface area (Å²) in [5, 5.41) is 10.1. The summed E-state index contributed by atoms with van der Waals surface area (Å²) in [6.45, 7) is 1.69. The van der Waals surface area contributed by atoms with Gasteiger partial charge in [-0.15, -0.1) is 0 Å². The van der Waals surface area contributed by atoms with Crippen LogP contribution in [0.4, 0.5) is 0 Å². The molecule has 0 unspecified atom stereocenters. The first-order chi connectivity index (χ1) is 12.6. The normalized spacial score (nSPS) is 11.6. The Morgan fingerprint density at radius 1 is 0.846 bits per heavy atom. The van der Waals surface area contributed by atoms with Crippen LogP contribution in [0.25, 0.3) is 0 Å². The molecule has 0 fully saturated rings. The molecule has 4 nitrogen and oxygen atoms in total. The minimum Gasteiger partial charge on any atom is -0.507 e. The third kappa shape index (κ3) is 3.64. The monoisotopic (exact) mass is 346 g/mol. The Kier molecular flexibility index (Phi) is 5.13. The van der Waals surface area contributed by atoms with Crippen LogP contribution in [0.3, 0.4) is 0 Å². The van der Waals surface area contributed by atoms with E-state index in [0.717, 1.165) is 0 Å². The minimum atomic E-state index is -1.09. The Bertz CT molecular complexity index is 917. The molecular formula is C22H18O4. The van der Waals surface area contributed by atoms with E-state index in [0.29, 0.717) is 16.7 Å². The molecule has 0 saturated heterocycles. The average molecular weight is 346 g/mol. The molecule has 0 aliphatic carbocycles. The molecule has 0 bridgehead atoms. The second-order valence-electron chi connectivity index (χ2n) is 5.90. The Morgan fingerprint density at radius 2 is 1.46 bits per heavy atom. The van der Waals surface area contributed by atoms with Crippen LogP contribution < -0.4 is 0 Å². The van der Waals surface area contributed by atoms with Crippen molar-refractivity contribution in [3.8, 4) is 5.75 Å². The minimum absolute atomic E-state index is 0.0341. The van der Waals surface area contributed by atoms with E-state index >= 15 is 0 Å². The van der Waals surface area contributed by atoms with Crippen molar-refractivity contribution in [3.63, 3.8) is 0 Å². The van der Waals surface area contributed by atoms with Crippen LogP contribution >= 0.6 is 0 Å². The van der Waals surface area contributed by atoms with Gasteiger partial charge in [0.25, 0.3) is 0 Å². The second-order valence-corrected chi connectivity index (χ2v) is 5.90. The number of hydrogen-bond donors (Lipinski definition) is 1. The van der Waals surface area contributed by atoms with Crippen molar-refractivity contribution in [2.24, 2.45) is 0 Å². The van der Waals surface area contributed by atoms with E-state index in [2.05, 4.69) is 0 Å². The first-order valence-electron chi connectivity index (χ1n) is 8.21. The molecule has 0 radical (unpaired) electrons. The number of ketones is 1. The maximum absolute atomic E-state index is 12.9. The molecule has 0 amide bonds. The molecule has 0 spiro atoms. The number of rotatable bonds is 5. The molecular weight excluding hydrogens is 328 g/mol. The van der Waals surface area contributed by atoms with Gasteiger partial charge >= 0.3 is 5.97 Å². The van der Waals surface area contributed by atoms with Gasteiger partial charge in [-0.25, -0.2) is 4.79 Å². The Hall–Kier alpha value is -3.40. The third-order valence-electron chi connectivity index (χ3n) is 4.08. The van der Waals surface area contributed by atoms with E-state index in [1.54, 1.807) is 67.6 Å². The zero-order valence-corrected chi connectivity index (χ0v) is 14.3. The van der Waals surface area contributed by atoms with E-state index in [1.807, 2.05) is 12.1 Å². The van der Waals surface area contributed by atoms with Gasteiger partial charge in [-0.1, -0.05) is 72.8 Å². The summed E-state index contributed by atoms with van der Waals surface area (Å²) in [5.41, 5.74) is 1.61. The smallest absolute Gasteiger partial charge is 0.342 e. The maximum atomic E-state index is 12.9. The Morgan fingerprint density at radius 3 is 2.12 bits per heavy atom. The third-order valence-corrected chi connectivity index (χ3v) is 4.08. The summed E-state index contributed by atoms with van der Waals surface area (Å²) in [5.74, 6) is -1.21. The number of phenolic OH excluding ortho intramolecular Hbond substituents is 1. The molecule has 0 heterocycles. The van der Waals surface area contributed by atoms with Crippen LogP contribution in [0.1, 0.15) is 37.9 Å². The number of para-hydroxylation sites is 1. The Balaban J connectivity index is 1.95. The van der Waals surface area contributed by atoms with Crippen molar-refractivity contribution in [2.45, 2.75) is 13.0 Å². The molecule has 0 aliphatic rings. The summed E-state index contributed by atoms with van der Waals surface area (Å²) in [6, 6.07) is 22.3. The number of hydrogen-bond acceptors (Lipinski definition) is 4. The molecule has 1 atom stereocenters. The quantitative estimate of drug-likeness (QED) is 0.546. The summed E-state index contributed by atoms with van der Waals surface area (Å²) >= 11 is 0. The zero-order valence-electron chi connectivity index (χ0n) is 14.3. The predicted molar refractivity (Wildman–Crippen MR) is 98.2 cm³/mol. The molecule has 130 valence electrons. The first-order valence-corrected chi connectivity index (χ1v) is 8.21. The van der Waals surface area contributed by atoms with Crippen LogP contribution in [0.5, 0.6) is 5.75 Å². The number of aryl methyl sites for hydroxylation is 1. The van der Waals surface area contributed by atoms with Gasteiger partial charge in [-0.2, -0.15) is 0 Å². The van der Waals surface area contributed by atoms with Crippen LogP contribution in [0, 0.1) is 6.92 Å². The molecule has 3 aromatic carbocycles. The molecule has 0 aliphatic heterocycles. The standard InChI is InChI=1S/C22H18O4/c1-15-9-8-14-18(19(15)23)22(25)26-21(17-12-6-3-7-13-17)20(24)16-10-4-2-5-11-16/h2-14,21,23H,1H3/t21-/m0/s1. The van der Waals surface area contributed by atoms with Gasteiger partial charge in [-0.3, -0.25) is 4.79 Å². The number of Topliss-reactive ketones (excluding diaryl/α,β-unsaturated/α-hetero) is 1. The highest BCUT2D eigenvalue weighted by Crippen LogP contribution is 2.27.